The first-order valence-corrected chi connectivity index (χ1v) is 8.53. The van der Waals surface area contributed by atoms with E-state index in [1.807, 2.05) is 30.3 Å². The van der Waals surface area contributed by atoms with Gasteiger partial charge in [-0.25, -0.2) is 0 Å². The fourth-order valence-corrected chi connectivity index (χ4v) is 3.07. The number of rotatable bonds is 8. The van der Waals surface area contributed by atoms with Crippen molar-refractivity contribution in [2.24, 2.45) is 0 Å². The molecule has 2 aromatic rings. The molecular formula is C19H21BrO4. The summed E-state index contributed by atoms with van der Waals surface area (Å²) in [6, 6.07) is 11.1. The SMILES string of the molecule is COc1ccc(CCC(=O)CCc2cccc(OC)c2O)cc1Br. The summed E-state index contributed by atoms with van der Waals surface area (Å²) in [4.78, 5) is 12.1. The predicted molar refractivity (Wildman–Crippen MR) is 97.0 cm³/mol. The van der Waals surface area contributed by atoms with Gasteiger partial charge in [0.1, 0.15) is 11.5 Å². The number of para-hydroxylation sites is 1. The second-order valence-electron chi connectivity index (χ2n) is 5.48. The number of ketones is 1. The summed E-state index contributed by atoms with van der Waals surface area (Å²) >= 11 is 3.45. The van der Waals surface area contributed by atoms with Gasteiger partial charge in [-0.15, -0.1) is 0 Å². The van der Waals surface area contributed by atoms with Crippen molar-refractivity contribution in [3.8, 4) is 17.2 Å². The van der Waals surface area contributed by atoms with Crippen LogP contribution in [0.4, 0.5) is 0 Å². The van der Waals surface area contributed by atoms with E-state index in [1.54, 1.807) is 13.2 Å². The van der Waals surface area contributed by atoms with Crippen LogP contribution in [-0.2, 0) is 17.6 Å². The van der Waals surface area contributed by atoms with Crippen LogP contribution in [0.25, 0.3) is 0 Å². The highest BCUT2D eigenvalue weighted by molar-refractivity contribution is 9.10. The van der Waals surface area contributed by atoms with E-state index in [0.29, 0.717) is 31.4 Å². The molecule has 2 aromatic carbocycles. The van der Waals surface area contributed by atoms with E-state index in [4.69, 9.17) is 9.47 Å². The molecule has 4 nitrogen and oxygen atoms in total. The Balaban J connectivity index is 1.87. The number of ether oxygens (including phenoxy) is 2. The lowest BCUT2D eigenvalue weighted by Crippen LogP contribution is -2.03. The van der Waals surface area contributed by atoms with Crippen molar-refractivity contribution >= 4 is 21.7 Å². The van der Waals surface area contributed by atoms with Gasteiger partial charge in [-0.2, -0.15) is 0 Å². The second-order valence-corrected chi connectivity index (χ2v) is 6.33. The number of carbonyl (C=O) groups is 1. The molecule has 0 spiro atoms. The lowest BCUT2D eigenvalue weighted by molar-refractivity contribution is -0.119. The van der Waals surface area contributed by atoms with Crippen molar-refractivity contribution < 1.29 is 19.4 Å². The van der Waals surface area contributed by atoms with Crippen molar-refractivity contribution in [3.05, 3.63) is 52.0 Å². The Bertz CT molecular complexity index is 713. The predicted octanol–water partition coefficient (Wildman–Crippen LogP) is 4.31. The molecule has 0 bridgehead atoms. The number of methoxy groups -OCH3 is 2. The van der Waals surface area contributed by atoms with Crippen LogP contribution in [0.2, 0.25) is 0 Å². The molecule has 128 valence electrons. The highest BCUT2D eigenvalue weighted by Crippen LogP contribution is 2.30. The summed E-state index contributed by atoms with van der Waals surface area (Å²) < 4.78 is 11.2. The minimum atomic E-state index is 0.117. The monoisotopic (exact) mass is 392 g/mol. The van der Waals surface area contributed by atoms with Gasteiger partial charge in [-0.1, -0.05) is 18.2 Å². The van der Waals surface area contributed by atoms with E-state index in [-0.39, 0.29) is 11.5 Å². The van der Waals surface area contributed by atoms with Crippen LogP contribution < -0.4 is 9.47 Å². The maximum absolute atomic E-state index is 12.1. The van der Waals surface area contributed by atoms with Crippen LogP contribution in [-0.4, -0.2) is 25.1 Å². The zero-order valence-electron chi connectivity index (χ0n) is 13.8. The molecule has 0 saturated carbocycles. The molecule has 1 N–H and O–H groups in total. The number of carbonyl (C=O) groups excluding carboxylic acids is 1. The number of aromatic hydroxyl groups is 1. The van der Waals surface area contributed by atoms with Gasteiger partial charge in [0, 0.05) is 12.8 Å². The Morgan fingerprint density at radius 1 is 1.04 bits per heavy atom. The summed E-state index contributed by atoms with van der Waals surface area (Å²) in [7, 11) is 3.13. The molecule has 0 aromatic heterocycles. The van der Waals surface area contributed by atoms with Crippen LogP contribution in [0.3, 0.4) is 0 Å². The maximum Gasteiger partial charge on any atom is 0.160 e. The summed E-state index contributed by atoms with van der Waals surface area (Å²) in [5.41, 5.74) is 1.81. The van der Waals surface area contributed by atoms with E-state index in [1.165, 1.54) is 7.11 Å². The minimum absolute atomic E-state index is 0.117. The molecule has 0 fully saturated rings. The number of hydrogen-bond acceptors (Lipinski definition) is 4. The largest absolute Gasteiger partial charge is 0.504 e. The normalized spacial score (nSPS) is 10.5. The van der Waals surface area contributed by atoms with Crippen molar-refractivity contribution in [2.75, 3.05) is 14.2 Å². The summed E-state index contributed by atoms with van der Waals surface area (Å²) in [5, 5.41) is 10.0. The first-order chi connectivity index (χ1) is 11.5. The molecule has 0 unspecified atom stereocenters. The molecule has 0 aliphatic carbocycles. The standard InChI is InChI=1S/C19H21BrO4/c1-23-17-11-7-13(12-16(17)20)6-9-15(21)10-8-14-4-3-5-18(24-2)19(14)22/h3-5,7,11-12,22H,6,8-10H2,1-2H3. The zero-order chi connectivity index (χ0) is 17.5. The molecular weight excluding hydrogens is 372 g/mol. The van der Waals surface area contributed by atoms with Gasteiger partial charge in [0.15, 0.2) is 11.5 Å². The number of aryl methyl sites for hydroxylation is 2. The van der Waals surface area contributed by atoms with E-state index < -0.39 is 0 Å². The number of phenolic OH excluding ortho intramolecular Hbond substituents is 1. The van der Waals surface area contributed by atoms with Crippen LogP contribution in [0, 0.1) is 0 Å². The van der Waals surface area contributed by atoms with Crippen LogP contribution in [0.15, 0.2) is 40.9 Å². The molecule has 0 aliphatic heterocycles. The van der Waals surface area contributed by atoms with Gasteiger partial charge in [0.2, 0.25) is 0 Å². The molecule has 24 heavy (non-hydrogen) atoms. The lowest BCUT2D eigenvalue weighted by Gasteiger charge is -2.09. The molecule has 0 amide bonds. The third-order valence-electron chi connectivity index (χ3n) is 3.88. The molecule has 2 rings (SSSR count). The van der Waals surface area contributed by atoms with E-state index >= 15 is 0 Å². The molecule has 0 saturated heterocycles. The number of hydrogen-bond donors (Lipinski definition) is 1. The average molecular weight is 393 g/mol. The fraction of sp³-hybridized carbons (Fsp3) is 0.316. The van der Waals surface area contributed by atoms with Gasteiger partial charge < -0.3 is 14.6 Å². The summed E-state index contributed by atoms with van der Waals surface area (Å²) in [6.45, 7) is 0. The number of Topliss-reactive ketones (excluding diaryl/α,β-unsaturated/α-hetero) is 1. The highest BCUT2D eigenvalue weighted by Gasteiger charge is 2.10. The second kappa shape index (κ2) is 8.73. The Hall–Kier alpha value is -2.01. The van der Waals surface area contributed by atoms with Gasteiger partial charge in [0.25, 0.3) is 0 Å². The van der Waals surface area contributed by atoms with Crippen molar-refractivity contribution in [1.82, 2.24) is 0 Å². The van der Waals surface area contributed by atoms with E-state index in [9.17, 15) is 9.90 Å². The van der Waals surface area contributed by atoms with Crippen LogP contribution in [0.5, 0.6) is 17.2 Å². The fourth-order valence-electron chi connectivity index (χ4n) is 2.48. The van der Waals surface area contributed by atoms with Gasteiger partial charge >= 0.3 is 0 Å². The Morgan fingerprint density at radius 3 is 2.42 bits per heavy atom. The average Bonchev–Trinajstić information content (AvgIpc) is 2.59. The third kappa shape index (κ3) is 4.74. The summed E-state index contributed by atoms with van der Waals surface area (Å²) in [6.07, 6.45) is 2.07. The minimum Gasteiger partial charge on any atom is -0.504 e. The smallest absolute Gasteiger partial charge is 0.160 e. The number of halogens is 1. The van der Waals surface area contributed by atoms with Gasteiger partial charge in [0.05, 0.1) is 18.7 Å². The Labute approximate surface area is 150 Å². The topological polar surface area (TPSA) is 55.8 Å². The quantitative estimate of drug-likeness (QED) is 0.727. The maximum atomic E-state index is 12.1. The van der Waals surface area contributed by atoms with Crippen molar-refractivity contribution in [1.29, 1.82) is 0 Å². The number of phenols is 1. The van der Waals surface area contributed by atoms with E-state index in [2.05, 4.69) is 15.9 Å². The van der Waals surface area contributed by atoms with Gasteiger partial charge in [-0.3, -0.25) is 4.79 Å². The third-order valence-corrected chi connectivity index (χ3v) is 4.50. The Morgan fingerprint density at radius 2 is 1.75 bits per heavy atom. The first-order valence-electron chi connectivity index (χ1n) is 7.74. The zero-order valence-corrected chi connectivity index (χ0v) is 15.4. The van der Waals surface area contributed by atoms with Crippen molar-refractivity contribution in [2.45, 2.75) is 25.7 Å². The molecule has 0 aliphatic rings. The molecule has 0 heterocycles. The van der Waals surface area contributed by atoms with Gasteiger partial charge in [-0.05, 0) is 58.1 Å². The number of benzene rings is 2. The molecule has 5 heteroatoms. The highest BCUT2D eigenvalue weighted by atomic mass is 79.9. The first kappa shape index (κ1) is 18.3. The van der Waals surface area contributed by atoms with Crippen LogP contribution >= 0.6 is 15.9 Å². The van der Waals surface area contributed by atoms with Crippen molar-refractivity contribution in [3.63, 3.8) is 0 Å². The Kier molecular flexibility index (Phi) is 6.67. The summed E-state index contributed by atoms with van der Waals surface area (Å²) in [5.74, 6) is 1.50. The van der Waals surface area contributed by atoms with Crippen LogP contribution in [0.1, 0.15) is 24.0 Å². The molecule has 0 radical (unpaired) electrons. The lowest BCUT2D eigenvalue weighted by atomic mass is 10.0. The molecule has 0 atom stereocenters. The van der Waals surface area contributed by atoms with E-state index in [0.717, 1.165) is 21.3 Å².